The lowest BCUT2D eigenvalue weighted by atomic mass is 9.95. The van der Waals surface area contributed by atoms with Crippen LogP contribution in [-0.4, -0.2) is 44.5 Å². The molecular formula is C25H18N4O6. The Kier molecular flexibility index (Phi) is 4.34. The number of nitrogens with one attached hydrogen (secondary N) is 2. The Hall–Kier alpha value is -4.86. The van der Waals surface area contributed by atoms with E-state index in [9.17, 15) is 24.6 Å². The fourth-order valence-electron chi connectivity index (χ4n) is 4.56. The highest BCUT2D eigenvalue weighted by molar-refractivity contribution is 6.08. The van der Waals surface area contributed by atoms with Crippen LogP contribution < -0.4 is 10.6 Å². The Morgan fingerprint density at radius 3 is 2.51 bits per heavy atom. The molecule has 10 heteroatoms. The van der Waals surface area contributed by atoms with Gasteiger partial charge in [-0.25, -0.2) is 4.79 Å². The predicted molar refractivity (Wildman–Crippen MR) is 122 cm³/mol. The second kappa shape index (κ2) is 7.32. The molecule has 6 rings (SSSR count). The summed E-state index contributed by atoms with van der Waals surface area (Å²) in [6.45, 7) is 0.0447. The van der Waals surface area contributed by atoms with Gasteiger partial charge in [0.15, 0.2) is 11.1 Å². The van der Waals surface area contributed by atoms with Crippen LogP contribution in [0.4, 0.5) is 4.79 Å². The van der Waals surface area contributed by atoms with Crippen molar-refractivity contribution in [3.05, 3.63) is 77.7 Å². The van der Waals surface area contributed by atoms with Crippen molar-refractivity contribution in [2.24, 2.45) is 0 Å². The minimum absolute atomic E-state index is 0.0326. The molecule has 0 aliphatic carbocycles. The average molecular weight is 470 g/mol. The van der Waals surface area contributed by atoms with Gasteiger partial charge in [0.2, 0.25) is 0 Å². The number of hydrogen-bond donors (Lipinski definition) is 4. The zero-order valence-electron chi connectivity index (χ0n) is 18.1. The van der Waals surface area contributed by atoms with E-state index >= 15 is 0 Å². The largest absolute Gasteiger partial charge is 0.508 e. The first-order valence-corrected chi connectivity index (χ1v) is 10.8. The van der Waals surface area contributed by atoms with E-state index in [1.54, 1.807) is 42.5 Å². The molecule has 2 aliphatic heterocycles. The summed E-state index contributed by atoms with van der Waals surface area (Å²) >= 11 is 0. The summed E-state index contributed by atoms with van der Waals surface area (Å²) in [5.41, 5.74) is 1.21. The van der Waals surface area contributed by atoms with Crippen LogP contribution in [0.3, 0.4) is 0 Å². The fourth-order valence-corrected chi connectivity index (χ4v) is 4.56. The lowest BCUT2D eigenvalue weighted by Gasteiger charge is -2.29. The van der Waals surface area contributed by atoms with Crippen LogP contribution in [0.25, 0.3) is 22.2 Å². The van der Waals surface area contributed by atoms with Crippen LogP contribution in [0.15, 0.2) is 65.2 Å². The van der Waals surface area contributed by atoms with Gasteiger partial charge in [0.25, 0.3) is 11.8 Å². The highest BCUT2D eigenvalue weighted by Gasteiger charge is 2.53. The molecule has 2 aliphatic rings. The number of phenols is 2. The molecule has 35 heavy (non-hydrogen) atoms. The Morgan fingerprint density at radius 1 is 1.00 bits per heavy atom. The van der Waals surface area contributed by atoms with Crippen molar-refractivity contribution in [3.63, 3.8) is 0 Å². The van der Waals surface area contributed by atoms with E-state index in [0.717, 1.165) is 5.56 Å². The fraction of sp³-hybridized carbons (Fsp3) is 0.120. The van der Waals surface area contributed by atoms with Gasteiger partial charge in [-0.3, -0.25) is 19.9 Å². The molecule has 174 valence electrons. The summed E-state index contributed by atoms with van der Waals surface area (Å²) in [5, 5.41) is 24.8. The third kappa shape index (κ3) is 3.26. The van der Waals surface area contributed by atoms with Gasteiger partial charge >= 0.3 is 6.03 Å². The first-order valence-electron chi connectivity index (χ1n) is 10.8. The number of aromatic nitrogens is 1. The maximum absolute atomic E-state index is 13.1. The van der Waals surface area contributed by atoms with E-state index in [1.807, 2.05) is 0 Å². The number of pyridine rings is 1. The second-order valence-electron chi connectivity index (χ2n) is 8.58. The third-order valence-corrected chi connectivity index (χ3v) is 6.33. The van der Waals surface area contributed by atoms with Crippen LogP contribution in [0.2, 0.25) is 0 Å². The normalized spacial score (nSPS) is 19.2. The third-order valence-electron chi connectivity index (χ3n) is 6.33. The number of urea groups is 1. The minimum atomic E-state index is -1.64. The predicted octanol–water partition coefficient (Wildman–Crippen LogP) is 2.60. The lowest BCUT2D eigenvalue weighted by molar-refractivity contribution is -0.125. The zero-order chi connectivity index (χ0) is 24.3. The maximum atomic E-state index is 13.1. The average Bonchev–Trinajstić information content (AvgIpc) is 3.48. The lowest BCUT2D eigenvalue weighted by Crippen LogP contribution is -2.52. The molecule has 1 atom stereocenters. The SMILES string of the molecule is O=C1NC(=O)[C@](CN2Cc3ccc(O)cc3C2=O)(c2cc3cc(-c4ccc(O)cc4)ncc3o2)N1. The summed E-state index contributed by atoms with van der Waals surface area (Å²) in [6, 6.07) is 13.8. The number of rotatable bonds is 4. The molecule has 1 fully saturated rings. The van der Waals surface area contributed by atoms with Crippen molar-refractivity contribution >= 4 is 28.8 Å². The van der Waals surface area contributed by atoms with Crippen molar-refractivity contribution < 1.29 is 29.0 Å². The number of fused-ring (bicyclic) bond motifs is 2. The van der Waals surface area contributed by atoms with Gasteiger partial charge < -0.3 is 24.8 Å². The van der Waals surface area contributed by atoms with Crippen molar-refractivity contribution in [1.82, 2.24) is 20.5 Å². The van der Waals surface area contributed by atoms with E-state index in [-0.39, 0.29) is 36.3 Å². The highest BCUT2D eigenvalue weighted by atomic mass is 16.3. The number of imide groups is 1. The topological polar surface area (TPSA) is 145 Å². The molecule has 0 unspecified atom stereocenters. The van der Waals surface area contributed by atoms with Crippen molar-refractivity contribution in [2.75, 3.05) is 6.54 Å². The molecule has 2 aromatic carbocycles. The number of benzene rings is 2. The number of nitrogens with zero attached hydrogens (tertiary/aromatic N) is 2. The quantitative estimate of drug-likeness (QED) is 0.336. The van der Waals surface area contributed by atoms with E-state index in [4.69, 9.17) is 4.42 Å². The van der Waals surface area contributed by atoms with Gasteiger partial charge in [-0.15, -0.1) is 0 Å². The first-order chi connectivity index (χ1) is 16.8. The minimum Gasteiger partial charge on any atom is -0.508 e. The Bertz CT molecular complexity index is 1540. The van der Waals surface area contributed by atoms with E-state index in [2.05, 4.69) is 15.6 Å². The number of aromatic hydroxyl groups is 2. The van der Waals surface area contributed by atoms with Gasteiger partial charge in [-0.1, -0.05) is 6.07 Å². The number of amides is 4. The zero-order valence-corrected chi connectivity index (χ0v) is 18.1. The van der Waals surface area contributed by atoms with E-state index in [0.29, 0.717) is 27.8 Å². The van der Waals surface area contributed by atoms with Crippen LogP contribution in [0.5, 0.6) is 11.5 Å². The number of furan rings is 1. The van der Waals surface area contributed by atoms with Crippen LogP contribution >= 0.6 is 0 Å². The molecule has 0 bridgehead atoms. The number of hydrogen-bond acceptors (Lipinski definition) is 7. The molecule has 4 aromatic rings. The summed E-state index contributed by atoms with van der Waals surface area (Å²) < 4.78 is 5.97. The molecule has 10 nitrogen and oxygen atoms in total. The number of carbonyl (C=O) groups excluding carboxylic acids is 3. The molecule has 4 amide bonds. The van der Waals surface area contributed by atoms with Crippen molar-refractivity contribution in [1.29, 1.82) is 0 Å². The summed E-state index contributed by atoms with van der Waals surface area (Å²) in [4.78, 5) is 44.1. The second-order valence-corrected chi connectivity index (χ2v) is 8.58. The molecule has 1 saturated heterocycles. The first kappa shape index (κ1) is 20.7. The van der Waals surface area contributed by atoms with Gasteiger partial charge in [0.1, 0.15) is 17.3 Å². The number of carbonyl (C=O) groups is 3. The molecule has 0 saturated carbocycles. The van der Waals surface area contributed by atoms with Crippen LogP contribution in [0.1, 0.15) is 21.7 Å². The smallest absolute Gasteiger partial charge is 0.322 e. The Labute approximate surface area is 197 Å². The molecule has 4 N–H and O–H groups in total. The summed E-state index contributed by atoms with van der Waals surface area (Å²) in [7, 11) is 0. The summed E-state index contributed by atoms with van der Waals surface area (Å²) in [5.74, 6) is -0.738. The van der Waals surface area contributed by atoms with Crippen LogP contribution in [-0.2, 0) is 16.9 Å². The standard InChI is InChI=1S/C25H18N4O6/c30-16-4-1-13(2-5-16)19-7-15-8-21(35-20(15)10-26-19)25(23(33)27-24(34)28-25)12-29-11-14-3-6-17(31)9-18(14)22(29)32/h1-10,30-31H,11-12H2,(H2,27,28,33,34)/t25-/m0/s1. The molecule has 4 heterocycles. The van der Waals surface area contributed by atoms with Gasteiger partial charge in [-0.2, -0.15) is 0 Å². The van der Waals surface area contributed by atoms with Crippen molar-refractivity contribution in [2.45, 2.75) is 12.1 Å². The Balaban J connectivity index is 1.39. The maximum Gasteiger partial charge on any atom is 0.322 e. The van der Waals surface area contributed by atoms with Gasteiger partial charge in [0, 0.05) is 23.1 Å². The summed E-state index contributed by atoms with van der Waals surface area (Å²) in [6.07, 6.45) is 1.52. The molecular weight excluding hydrogens is 452 g/mol. The highest BCUT2D eigenvalue weighted by Crippen LogP contribution is 2.35. The van der Waals surface area contributed by atoms with Crippen molar-refractivity contribution in [3.8, 4) is 22.8 Å². The molecule has 0 radical (unpaired) electrons. The molecule has 2 aromatic heterocycles. The molecule has 0 spiro atoms. The van der Waals surface area contributed by atoms with Gasteiger partial charge in [-0.05, 0) is 54.1 Å². The van der Waals surface area contributed by atoms with E-state index < -0.39 is 17.5 Å². The monoisotopic (exact) mass is 470 g/mol. The van der Waals surface area contributed by atoms with E-state index in [1.165, 1.54) is 23.2 Å². The van der Waals surface area contributed by atoms with Gasteiger partial charge in [0.05, 0.1) is 18.4 Å². The van der Waals surface area contributed by atoms with Crippen LogP contribution in [0, 0.1) is 0 Å². The Morgan fingerprint density at radius 2 is 1.77 bits per heavy atom. The number of phenolic OH excluding ortho intramolecular Hbond substituents is 2.